The Morgan fingerprint density at radius 1 is 1.17 bits per heavy atom. The summed E-state index contributed by atoms with van der Waals surface area (Å²) in [5, 5.41) is 4.35. The van der Waals surface area contributed by atoms with Crippen molar-refractivity contribution in [3.05, 3.63) is 83.7 Å². The molecule has 0 unspecified atom stereocenters. The highest BCUT2D eigenvalue weighted by molar-refractivity contribution is 6.30. The number of benzene rings is 2. The number of carbonyl (C=O) groups excluding carboxylic acids is 1. The molecule has 4 rings (SSSR count). The van der Waals surface area contributed by atoms with Crippen LogP contribution in [0.5, 0.6) is 5.75 Å². The van der Waals surface area contributed by atoms with Crippen LogP contribution in [-0.2, 0) is 4.79 Å². The largest absolute Gasteiger partial charge is 0.496 e. The topological polar surface area (TPSA) is 64.4 Å². The van der Waals surface area contributed by atoms with E-state index in [1.807, 2.05) is 49.4 Å². The first-order chi connectivity index (χ1) is 14.5. The lowest BCUT2D eigenvalue weighted by Gasteiger charge is -2.10. The van der Waals surface area contributed by atoms with Crippen molar-refractivity contribution in [3.8, 4) is 16.9 Å². The second-order valence-electron chi connectivity index (χ2n) is 6.74. The number of rotatable bonds is 5. The fourth-order valence-electron chi connectivity index (χ4n) is 3.26. The Morgan fingerprint density at radius 2 is 1.97 bits per heavy atom. The van der Waals surface area contributed by atoms with E-state index >= 15 is 0 Å². The fourth-order valence-corrected chi connectivity index (χ4v) is 3.38. The van der Waals surface area contributed by atoms with Gasteiger partial charge in [-0.2, -0.15) is 0 Å². The van der Waals surface area contributed by atoms with E-state index in [0.29, 0.717) is 22.2 Å². The molecule has 5 nitrogen and oxygen atoms in total. The van der Waals surface area contributed by atoms with Crippen molar-refractivity contribution < 1.29 is 13.9 Å². The van der Waals surface area contributed by atoms with Crippen molar-refractivity contribution in [3.63, 3.8) is 0 Å². The summed E-state index contributed by atoms with van der Waals surface area (Å²) in [4.78, 5) is 16.5. The van der Waals surface area contributed by atoms with Crippen LogP contribution in [0.3, 0.4) is 0 Å². The molecule has 0 radical (unpaired) electrons. The average Bonchev–Trinajstić information content (AvgIpc) is 3.16. The number of carbonyl (C=O) groups is 1. The number of hydrogen-bond donors (Lipinski definition) is 1. The number of pyridine rings is 1. The van der Waals surface area contributed by atoms with Gasteiger partial charge in [-0.15, -0.1) is 0 Å². The SMILES string of the molecule is COc1cc2occ(-c3ccc(Cl)cc3)c2cc1/C(C)=C/C(=O)Nc1ccccn1. The quantitative estimate of drug-likeness (QED) is 0.392. The van der Waals surface area contributed by atoms with Gasteiger partial charge in [0.25, 0.3) is 0 Å². The first kappa shape index (κ1) is 19.7. The molecule has 0 saturated heterocycles. The molecule has 0 fully saturated rings. The Balaban J connectivity index is 1.72. The maximum absolute atomic E-state index is 12.4. The van der Waals surface area contributed by atoms with Gasteiger partial charge in [-0.25, -0.2) is 4.98 Å². The molecule has 2 aromatic carbocycles. The van der Waals surface area contributed by atoms with Crippen molar-refractivity contribution in [2.24, 2.45) is 0 Å². The van der Waals surface area contributed by atoms with Gasteiger partial charge in [-0.05, 0) is 48.4 Å². The van der Waals surface area contributed by atoms with E-state index in [4.69, 9.17) is 20.8 Å². The van der Waals surface area contributed by atoms with E-state index in [1.54, 1.807) is 31.7 Å². The number of amides is 1. The Bertz CT molecular complexity index is 1230. The number of methoxy groups -OCH3 is 1. The maximum Gasteiger partial charge on any atom is 0.249 e. The molecule has 150 valence electrons. The average molecular weight is 419 g/mol. The second kappa shape index (κ2) is 8.43. The number of halogens is 1. The van der Waals surface area contributed by atoms with Gasteiger partial charge in [-0.3, -0.25) is 4.79 Å². The van der Waals surface area contributed by atoms with E-state index in [9.17, 15) is 4.79 Å². The van der Waals surface area contributed by atoms with E-state index in [0.717, 1.165) is 27.6 Å². The summed E-state index contributed by atoms with van der Waals surface area (Å²) in [6.45, 7) is 1.86. The van der Waals surface area contributed by atoms with Crippen molar-refractivity contribution in [1.29, 1.82) is 0 Å². The van der Waals surface area contributed by atoms with Crippen LogP contribution < -0.4 is 10.1 Å². The van der Waals surface area contributed by atoms with Crippen molar-refractivity contribution >= 4 is 39.9 Å². The fraction of sp³-hybridized carbons (Fsp3) is 0.0833. The molecule has 1 N–H and O–H groups in total. The maximum atomic E-state index is 12.4. The van der Waals surface area contributed by atoms with Gasteiger partial charge in [0.05, 0.1) is 13.4 Å². The monoisotopic (exact) mass is 418 g/mol. The number of fused-ring (bicyclic) bond motifs is 1. The van der Waals surface area contributed by atoms with Gasteiger partial charge < -0.3 is 14.5 Å². The molecule has 0 spiro atoms. The Morgan fingerprint density at radius 3 is 2.67 bits per heavy atom. The third-order valence-corrected chi connectivity index (χ3v) is 4.99. The summed E-state index contributed by atoms with van der Waals surface area (Å²) in [6, 6.07) is 16.7. The number of furan rings is 1. The molecular formula is C24H19ClN2O3. The summed E-state index contributed by atoms with van der Waals surface area (Å²) >= 11 is 6.01. The van der Waals surface area contributed by atoms with E-state index < -0.39 is 0 Å². The first-order valence-corrected chi connectivity index (χ1v) is 9.69. The van der Waals surface area contributed by atoms with Crippen LogP contribution in [0, 0.1) is 0 Å². The zero-order valence-corrected chi connectivity index (χ0v) is 17.2. The molecule has 4 aromatic rings. The third-order valence-electron chi connectivity index (χ3n) is 4.74. The van der Waals surface area contributed by atoms with E-state index in [-0.39, 0.29) is 5.91 Å². The zero-order chi connectivity index (χ0) is 21.1. The molecule has 0 saturated carbocycles. The predicted octanol–water partition coefficient (Wildman–Crippen LogP) is 6.20. The van der Waals surface area contributed by atoms with Gasteiger partial charge in [0.2, 0.25) is 5.91 Å². The first-order valence-electron chi connectivity index (χ1n) is 9.31. The Kier molecular flexibility index (Phi) is 5.55. The highest BCUT2D eigenvalue weighted by Crippen LogP contribution is 2.37. The van der Waals surface area contributed by atoms with Crippen LogP contribution in [0.15, 0.2) is 77.6 Å². The van der Waals surface area contributed by atoms with Crippen LogP contribution in [0.1, 0.15) is 12.5 Å². The zero-order valence-electron chi connectivity index (χ0n) is 16.5. The minimum absolute atomic E-state index is 0.265. The van der Waals surface area contributed by atoms with Crippen LogP contribution in [-0.4, -0.2) is 18.0 Å². The summed E-state index contributed by atoms with van der Waals surface area (Å²) in [5.74, 6) is 0.853. The lowest BCUT2D eigenvalue weighted by atomic mass is 9.99. The summed E-state index contributed by atoms with van der Waals surface area (Å²) in [7, 11) is 1.59. The van der Waals surface area contributed by atoms with Gasteiger partial charge in [0.1, 0.15) is 17.2 Å². The molecule has 30 heavy (non-hydrogen) atoms. The van der Waals surface area contributed by atoms with Gasteiger partial charge >= 0.3 is 0 Å². The van der Waals surface area contributed by atoms with Crippen molar-refractivity contribution in [2.45, 2.75) is 6.92 Å². The normalized spacial score (nSPS) is 11.5. The molecule has 0 bridgehead atoms. The molecule has 0 aliphatic carbocycles. The number of nitrogens with one attached hydrogen (secondary N) is 1. The summed E-state index contributed by atoms with van der Waals surface area (Å²) < 4.78 is 11.3. The Labute approximate surface area is 179 Å². The molecule has 2 aromatic heterocycles. The molecule has 0 aliphatic heterocycles. The summed E-state index contributed by atoms with van der Waals surface area (Å²) in [5.41, 5.74) is 4.19. The molecule has 2 heterocycles. The number of ether oxygens (including phenoxy) is 1. The van der Waals surface area contributed by atoms with Gasteiger partial charge in [-0.1, -0.05) is 29.8 Å². The number of anilines is 1. The van der Waals surface area contributed by atoms with Crippen molar-refractivity contribution in [2.75, 3.05) is 12.4 Å². The van der Waals surface area contributed by atoms with Gasteiger partial charge in [0.15, 0.2) is 0 Å². The molecule has 0 atom stereocenters. The third kappa shape index (κ3) is 4.07. The molecule has 0 aliphatic rings. The molecular weight excluding hydrogens is 400 g/mol. The smallest absolute Gasteiger partial charge is 0.249 e. The molecule has 6 heteroatoms. The Hall–Kier alpha value is -3.57. The van der Waals surface area contributed by atoms with E-state index in [2.05, 4.69) is 10.3 Å². The summed E-state index contributed by atoms with van der Waals surface area (Å²) in [6.07, 6.45) is 4.87. The van der Waals surface area contributed by atoms with E-state index in [1.165, 1.54) is 6.08 Å². The molecule has 1 amide bonds. The number of aromatic nitrogens is 1. The highest BCUT2D eigenvalue weighted by Gasteiger charge is 2.15. The van der Waals surface area contributed by atoms with Crippen LogP contribution in [0.4, 0.5) is 5.82 Å². The minimum Gasteiger partial charge on any atom is -0.496 e. The van der Waals surface area contributed by atoms with Gasteiger partial charge in [0, 0.05) is 39.9 Å². The number of allylic oxidation sites excluding steroid dienone is 1. The van der Waals surface area contributed by atoms with Crippen molar-refractivity contribution in [1.82, 2.24) is 4.98 Å². The highest BCUT2D eigenvalue weighted by atomic mass is 35.5. The standard InChI is InChI=1S/C24H19ClN2O3/c1-15(11-24(28)27-23-5-3-4-10-26-23)18-12-19-20(16-6-8-17(25)9-7-16)14-30-22(19)13-21(18)29-2/h3-14H,1-2H3,(H,26,27,28)/b15-11+. The number of hydrogen-bond acceptors (Lipinski definition) is 4. The predicted molar refractivity (Wildman–Crippen MR) is 120 cm³/mol. The van der Waals surface area contributed by atoms with Crippen LogP contribution in [0.25, 0.3) is 27.7 Å². The lowest BCUT2D eigenvalue weighted by Crippen LogP contribution is -2.09. The van der Waals surface area contributed by atoms with Crippen LogP contribution >= 0.6 is 11.6 Å². The minimum atomic E-state index is -0.265. The number of nitrogens with zero attached hydrogens (tertiary/aromatic N) is 1. The second-order valence-corrected chi connectivity index (χ2v) is 7.17. The van der Waals surface area contributed by atoms with Crippen LogP contribution in [0.2, 0.25) is 5.02 Å². The lowest BCUT2D eigenvalue weighted by molar-refractivity contribution is -0.111.